The zero-order chi connectivity index (χ0) is 19.0. The Morgan fingerprint density at radius 2 is 1.70 bits per heavy atom. The molecule has 0 spiro atoms. The highest BCUT2D eigenvalue weighted by atomic mass is 19.4. The van der Waals surface area contributed by atoms with Crippen molar-refractivity contribution in [2.45, 2.75) is 69.8 Å². The number of hydrogen-bond donors (Lipinski definition) is 0. The SMILES string of the molecule is O=C1CC[C@@H]2CN(C3CCCC3)CC[C@@H]2N1Cc1ccc(C(F)(F)F)cc1. The normalized spacial score (nSPS) is 27.8. The molecule has 148 valence electrons. The Bertz CT molecular complexity index is 667. The van der Waals surface area contributed by atoms with Gasteiger partial charge in [0.2, 0.25) is 5.91 Å². The molecule has 1 aliphatic carbocycles. The molecule has 0 N–H and O–H groups in total. The van der Waals surface area contributed by atoms with Crippen LogP contribution in [0.1, 0.15) is 56.1 Å². The highest BCUT2D eigenvalue weighted by molar-refractivity contribution is 5.77. The van der Waals surface area contributed by atoms with Crippen LogP contribution in [0.15, 0.2) is 24.3 Å². The first kappa shape index (κ1) is 18.8. The fourth-order valence-corrected chi connectivity index (χ4v) is 5.18. The fraction of sp³-hybridized carbons (Fsp3) is 0.667. The van der Waals surface area contributed by atoms with Gasteiger partial charge in [0.1, 0.15) is 0 Å². The van der Waals surface area contributed by atoms with Gasteiger partial charge in [0.15, 0.2) is 0 Å². The largest absolute Gasteiger partial charge is 0.416 e. The third-order valence-electron chi connectivity index (χ3n) is 6.65. The average molecular weight is 380 g/mol. The molecule has 2 saturated heterocycles. The standard InChI is InChI=1S/C21H27F3N2O/c22-21(23,24)17-8-5-15(6-9-17)13-26-19-11-12-25(18-3-1-2-4-18)14-16(19)7-10-20(26)27/h5-6,8-9,16,18-19H,1-4,7,10-14H2/t16-,19+/m1/s1. The summed E-state index contributed by atoms with van der Waals surface area (Å²) in [6, 6.07) is 6.19. The molecule has 1 aromatic rings. The van der Waals surface area contributed by atoms with Gasteiger partial charge in [0, 0.05) is 38.1 Å². The van der Waals surface area contributed by atoms with Crippen LogP contribution in [0.2, 0.25) is 0 Å². The van der Waals surface area contributed by atoms with Gasteiger partial charge in [-0.2, -0.15) is 13.2 Å². The van der Waals surface area contributed by atoms with E-state index in [1.807, 2.05) is 4.90 Å². The maximum atomic E-state index is 12.8. The van der Waals surface area contributed by atoms with E-state index in [0.717, 1.165) is 43.6 Å². The number of alkyl halides is 3. The lowest BCUT2D eigenvalue weighted by Gasteiger charge is -2.48. The van der Waals surface area contributed by atoms with E-state index in [0.29, 0.717) is 24.9 Å². The summed E-state index contributed by atoms with van der Waals surface area (Å²) in [7, 11) is 0. The summed E-state index contributed by atoms with van der Waals surface area (Å²) >= 11 is 0. The lowest BCUT2D eigenvalue weighted by atomic mass is 9.82. The van der Waals surface area contributed by atoms with E-state index in [2.05, 4.69) is 4.90 Å². The Morgan fingerprint density at radius 3 is 2.37 bits per heavy atom. The van der Waals surface area contributed by atoms with Crippen LogP contribution in [-0.4, -0.2) is 40.9 Å². The monoisotopic (exact) mass is 380 g/mol. The van der Waals surface area contributed by atoms with E-state index in [1.165, 1.54) is 37.8 Å². The molecule has 0 bridgehead atoms. The molecule has 3 aliphatic rings. The summed E-state index contributed by atoms with van der Waals surface area (Å²) in [5, 5.41) is 0. The van der Waals surface area contributed by atoms with Gasteiger partial charge in [-0.05, 0) is 49.3 Å². The van der Waals surface area contributed by atoms with Gasteiger partial charge in [-0.3, -0.25) is 9.69 Å². The number of piperidine rings is 2. The molecule has 1 amide bonds. The highest BCUT2D eigenvalue weighted by Gasteiger charge is 2.41. The van der Waals surface area contributed by atoms with Crippen LogP contribution in [-0.2, 0) is 17.5 Å². The first-order valence-corrected chi connectivity index (χ1v) is 10.1. The van der Waals surface area contributed by atoms with Gasteiger partial charge in [0.25, 0.3) is 0 Å². The summed E-state index contributed by atoms with van der Waals surface area (Å²) in [6.45, 7) is 2.51. The summed E-state index contributed by atoms with van der Waals surface area (Å²) in [5.74, 6) is 0.636. The van der Waals surface area contributed by atoms with Crippen molar-refractivity contribution in [1.82, 2.24) is 9.80 Å². The minimum absolute atomic E-state index is 0.144. The van der Waals surface area contributed by atoms with Crippen LogP contribution in [0, 0.1) is 5.92 Å². The van der Waals surface area contributed by atoms with Crippen LogP contribution in [0.4, 0.5) is 13.2 Å². The van der Waals surface area contributed by atoms with E-state index in [-0.39, 0.29) is 11.9 Å². The lowest BCUT2D eigenvalue weighted by molar-refractivity contribution is -0.142. The molecule has 2 heterocycles. The minimum atomic E-state index is -4.32. The number of amides is 1. The second-order valence-electron chi connectivity index (χ2n) is 8.30. The molecule has 0 radical (unpaired) electrons. The molecule has 2 aliphatic heterocycles. The molecular formula is C21H27F3N2O. The molecular weight excluding hydrogens is 353 g/mol. The number of hydrogen-bond acceptors (Lipinski definition) is 2. The fourth-order valence-electron chi connectivity index (χ4n) is 5.18. The van der Waals surface area contributed by atoms with E-state index >= 15 is 0 Å². The van der Waals surface area contributed by atoms with Crippen molar-refractivity contribution in [3.8, 4) is 0 Å². The van der Waals surface area contributed by atoms with Gasteiger partial charge in [0.05, 0.1) is 5.56 Å². The number of nitrogens with zero attached hydrogens (tertiary/aromatic N) is 2. The predicted octanol–water partition coefficient (Wildman–Crippen LogP) is 4.46. The van der Waals surface area contributed by atoms with Crippen molar-refractivity contribution in [2.24, 2.45) is 5.92 Å². The molecule has 1 saturated carbocycles. The summed E-state index contributed by atoms with van der Waals surface area (Å²) in [4.78, 5) is 17.1. The second kappa shape index (κ2) is 7.46. The number of carbonyl (C=O) groups excluding carboxylic acids is 1. The molecule has 2 atom stereocenters. The Labute approximate surface area is 158 Å². The van der Waals surface area contributed by atoms with Crippen molar-refractivity contribution in [3.05, 3.63) is 35.4 Å². The van der Waals surface area contributed by atoms with E-state index in [4.69, 9.17) is 0 Å². The Kier molecular flexibility index (Phi) is 5.19. The third-order valence-corrected chi connectivity index (χ3v) is 6.65. The number of benzene rings is 1. The van der Waals surface area contributed by atoms with Crippen molar-refractivity contribution >= 4 is 5.91 Å². The molecule has 1 aromatic carbocycles. The summed E-state index contributed by atoms with van der Waals surface area (Å²) in [5.41, 5.74) is 0.134. The number of carbonyl (C=O) groups is 1. The Balaban J connectivity index is 1.43. The maximum Gasteiger partial charge on any atom is 0.416 e. The van der Waals surface area contributed by atoms with Crippen molar-refractivity contribution in [2.75, 3.05) is 13.1 Å². The van der Waals surface area contributed by atoms with Gasteiger partial charge >= 0.3 is 6.18 Å². The van der Waals surface area contributed by atoms with Gasteiger partial charge in [-0.25, -0.2) is 0 Å². The first-order chi connectivity index (χ1) is 12.9. The summed E-state index contributed by atoms with van der Waals surface area (Å²) in [6.07, 6.45) is 3.40. The van der Waals surface area contributed by atoms with E-state index < -0.39 is 11.7 Å². The number of likely N-dealkylation sites (tertiary alicyclic amines) is 2. The van der Waals surface area contributed by atoms with E-state index in [1.54, 1.807) is 0 Å². The number of fused-ring (bicyclic) bond motifs is 1. The number of halogens is 3. The second-order valence-corrected chi connectivity index (χ2v) is 8.30. The smallest absolute Gasteiger partial charge is 0.335 e. The predicted molar refractivity (Wildman–Crippen MR) is 97.0 cm³/mol. The van der Waals surface area contributed by atoms with Gasteiger partial charge in [-0.1, -0.05) is 25.0 Å². The Hall–Kier alpha value is -1.56. The first-order valence-electron chi connectivity index (χ1n) is 10.1. The quantitative estimate of drug-likeness (QED) is 0.773. The van der Waals surface area contributed by atoms with Crippen LogP contribution >= 0.6 is 0 Å². The van der Waals surface area contributed by atoms with Crippen LogP contribution in [0.25, 0.3) is 0 Å². The average Bonchev–Trinajstić information content (AvgIpc) is 3.18. The zero-order valence-corrected chi connectivity index (χ0v) is 15.5. The van der Waals surface area contributed by atoms with Crippen molar-refractivity contribution < 1.29 is 18.0 Å². The molecule has 4 rings (SSSR count). The topological polar surface area (TPSA) is 23.6 Å². The Morgan fingerprint density at radius 1 is 1.00 bits per heavy atom. The molecule has 27 heavy (non-hydrogen) atoms. The minimum Gasteiger partial charge on any atom is -0.335 e. The third kappa shape index (κ3) is 4.00. The van der Waals surface area contributed by atoms with Crippen LogP contribution < -0.4 is 0 Å². The molecule has 3 fully saturated rings. The zero-order valence-electron chi connectivity index (χ0n) is 15.5. The van der Waals surface area contributed by atoms with Crippen LogP contribution in [0.3, 0.4) is 0 Å². The lowest BCUT2D eigenvalue weighted by Crippen LogP contribution is -2.56. The van der Waals surface area contributed by atoms with Crippen molar-refractivity contribution in [3.63, 3.8) is 0 Å². The van der Waals surface area contributed by atoms with Gasteiger partial charge in [-0.15, -0.1) is 0 Å². The molecule has 6 heteroatoms. The van der Waals surface area contributed by atoms with Crippen molar-refractivity contribution in [1.29, 1.82) is 0 Å². The maximum absolute atomic E-state index is 12.8. The molecule has 0 unspecified atom stereocenters. The van der Waals surface area contributed by atoms with E-state index in [9.17, 15) is 18.0 Å². The highest BCUT2D eigenvalue weighted by Crippen LogP contribution is 2.36. The number of rotatable bonds is 3. The van der Waals surface area contributed by atoms with Gasteiger partial charge < -0.3 is 4.90 Å². The molecule has 3 nitrogen and oxygen atoms in total. The molecule has 0 aromatic heterocycles. The van der Waals surface area contributed by atoms with Crippen LogP contribution in [0.5, 0.6) is 0 Å². The summed E-state index contributed by atoms with van der Waals surface area (Å²) < 4.78 is 38.3.